The first-order valence-corrected chi connectivity index (χ1v) is 7.25. The lowest BCUT2D eigenvalue weighted by Gasteiger charge is -2.17. The molecule has 0 spiro atoms. The second kappa shape index (κ2) is 6.09. The van der Waals surface area contributed by atoms with Gasteiger partial charge in [-0.1, -0.05) is 25.7 Å². The molecule has 1 aliphatic carbocycles. The number of hydrogen-bond donors (Lipinski definition) is 2. The van der Waals surface area contributed by atoms with Crippen molar-refractivity contribution in [3.05, 3.63) is 23.3 Å². The monoisotopic (exact) mass is 260 g/mol. The van der Waals surface area contributed by atoms with E-state index in [4.69, 9.17) is 5.73 Å². The molecule has 3 heteroatoms. The largest absolute Gasteiger partial charge is 0.399 e. The number of rotatable bonds is 2. The summed E-state index contributed by atoms with van der Waals surface area (Å²) in [4.78, 5) is 12.4. The van der Waals surface area contributed by atoms with Crippen LogP contribution < -0.4 is 11.1 Å². The Kier molecular flexibility index (Phi) is 4.46. The van der Waals surface area contributed by atoms with Gasteiger partial charge in [0.15, 0.2) is 0 Å². The highest BCUT2D eigenvalue weighted by atomic mass is 16.1. The Balaban J connectivity index is 2.10. The number of anilines is 2. The second-order valence-electron chi connectivity index (χ2n) is 5.71. The van der Waals surface area contributed by atoms with Crippen molar-refractivity contribution in [1.29, 1.82) is 0 Å². The predicted molar refractivity (Wildman–Crippen MR) is 80.2 cm³/mol. The SMILES string of the molecule is Cc1cc(N)cc(C)c1NC(=O)C1CCCCCC1. The minimum absolute atomic E-state index is 0.179. The zero-order valence-corrected chi connectivity index (χ0v) is 12.0. The molecule has 0 aromatic heterocycles. The maximum atomic E-state index is 12.4. The number of carbonyl (C=O) groups excluding carboxylic acids is 1. The third-order valence-corrected chi connectivity index (χ3v) is 4.03. The third-order valence-electron chi connectivity index (χ3n) is 4.03. The molecule has 0 aliphatic heterocycles. The van der Waals surface area contributed by atoms with Crippen LogP contribution in [0.3, 0.4) is 0 Å². The van der Waals surface area contributed by atoms with Gasteiger partial charge < -0.3 is 11.1 Å². The molecule has 1 aliphatic rings. The van der Waals surface area contributed by atoms with Crippen LogP contribution in [-0.2, 0) is 4.79 Å². The molecule has 1 fully saturated rings. The van der Waals surface area contributed by atoms with Crippen molar-refractivity contribution in [2.24, 2.45) is 5.92 Å². The molecule has 0 unspecified atom stereocenters. The number of hydrogen-bond acceptors (Lipinski definition) is 2. The Bertz CT molecular complexity index is 437. The number of benzene rings is 1. The summed E-state index contributed by atoms with van der Waals surface area (Å²) in [6, 6.07) is 3.82. The van der Waals surface area contributed by atoms with Crippen LogP contribution in [0.4, 0.5) is 11.4 Å². The van der Waals surface area contributed by atoms with Crippen LogP contribution in [0.2, 0.25) is 0 Å². The summed E-state index contributed by atoms with van der Waals surface area (Å²) in [5.41, 5.74) is 9.58. The summed E-state index contributed by atoms with van der Waals surface area (Å²) in [7, 11) is 0. The average Bonchev–Trinajstić information content (AvgIpc) is 2.62. The van der Waals surface area contributed by atoms with Crippen molar-refractivity contribution in [3.8, 4) is 0 Å². The van der Waals surface area contributed by atoms with E-state index in [2.05, 4.69) is 5.32 Å². The average molecular weight is 260 g/mol. The first kappa shape index (κ1) is 13.9. The smallest absolute Gasteiger partial charge is 0.227 e. The highest BCUT2D eigenvalue weighted by Crippen LogP contribution is 2.27. The molecule has 1 saturated carbocycles. The lowest BCUT2D eigenvalue weighted by molar-refractivity contribution is -0.120. The van der Waals surface area contributed by atoms with Gasteiger partial charge in [0.1, 0.15) is 0 Å². The standard InChI is InChI=1S/C16H24N2O/c1-11-9-14(17)10-12(2)15(11)18-16(19)13-7-5-3-4-6-8-13/h9-10,13H,3-8,17H2,1-2H3,(H,18,19). The summed E-state index contributed by atoms with van der Waals surface area (Å²) in [5, 5.41) is 3.11. The third kappa shape index (κ3) is 3.49. The topological polar surface area (TPSA) is 55.1 Å². The van der Waals surface area contributed by atoms with E-state index in [1.165, 1.54) is 25.7 Å². The molecule has 0 bridgehead atoms. The minimum Gasteiger partial charge on any atom is -0.399 e. The van der Waals surface area contributed by atoms with Crippen molar-refractivity contribution in [3.63, 3.8) is 0 Å². The number of nitrogens with one attached hydrogen (secondary N) is 1. The number of nitrogens with two attached hydrogens (primary N) is 1. The van der Waals surface area contributed by atoms with E-state index >= 15 is 0 Å². The van der Waals surface area contributed by atoms with Gasteiger partial charge in [0.05, 0.1) is 0 Å². The molecule has 3 N–H and O–H groups in total. The predicted octanol–water partition coefficient (Wildman–Crippen LogP) is 3.79. The fraction of sp³-hybridized carbons (Fsp3) is 0.562. The Morgan fingerprint density at radius 2 is 1.63 bits per heavy atom. The van der Waals surface area contributed by atoms with Gasteiger partial charge in [-0.3, -0.25) is 4.79 Å². The van der Waals surface area contributed by atoms with E-state index in [1.807, 2.05) is 26.0 Å². The Morgan fingerprint density at radius 3 is 2.16 bits per heavy atom. The molecule has 1 aromatic rings. The summed E-state index contributed by atoms with van der Waals surface area (Å²) < 4.78 is 0. The van der Waals surface area contributed by atoms with Crippen LogP contribution in [0, 0.1) is 19.8 Å². The van der Waals surface area contributed by atoms with Crippen molar-refractivity contribution >= 4 is 17.3 Å². The second-order valence-corrected chi connectivity index (χ2v) is 5.71. The molecule has 19 heavy (non-hydrogen) atoms. The zero-order valence-electron chi connectivity index (χ0n) is 12.0. The molecule has 0 atom stereocenters. The molecule has 0 radical (unpaired) electrons. The molecule has 0 heterocycles. The summed E-state index contributed by atoms with van der Waals surface area (Å²) in [5.74, 6) is 0.358. The van der Waals surface area contributed by atoms with Gasteiger partial charge in [-0.05, 0) is 49.9 Å². The van der Waals surface area contributed by atoms with Crippen LogP contribution in [-0.4, -0.2) is 5.91 Å². The van der Waals surface area contributed by atoms with Crippen molar-refractivity contribution in [2.75, 3.05) is 11.1 Å². The number of carbonyl (C=O) groups is 1. The highest BCUT2D eigenvalue weighted by molar-refractivity contribution is 5.94. The van der Waals surface area contributed by atoms with Gasteiger partial charge in [0.2, 0.25) is 5.91 Å². The first-order chi connectivity index (χ1) is 9.08. The Hall–Kier alpha value is -1.51. The molecule has 3 nitrogen and oxygen atoms in total. The fourth-order valence-electron chi connectivity index (χ4n) is 2.96. The number of aryl methyl sites for hydroxylation is 2. The van der Waals surface area contributed by atoms with Gasteiger partial charge in [0.25, 0.3) is 0 Å². The molecular weight excluding hydrogens is 236 g/mol. The Labute approximate surface area is 115 Å². The molecule has 1 amide bonds. The normalized spacial score (nSPS) is 16.9. The van der Waals surface area contributed by atoms with Gasteiger partial charge in [-0.25, -0.2) is 0 Å². The summed E-state index contributed by atoms with van der Waals surface area (Å²) >= 11 is 0. The van der Waals surface area contributed by atoms with Crippen molar-refractivity contribution < 1.29 is 4.79 Å². The number of amides is 1. The minimum atomic E-state index is 0.179. The van der Waals surface area contributed by atoms with Crippen LogP contribution in [0.15, 0.2) is 12.1 Å². The first-order valence-electron chi connectivity index (χ1n) is 7.25. The van der Waals surface area contributed by atoms with E-state index in [0.29, 0.717) is 0 Å². The summed E-state index contributed by atoms with van der Waals surface area (Å²) in [6.45, 7) is 3.98. The number of nitrogen functional groups attached to an aromatic ring is 1. The van der Waals surface area contributed by atoms with Gasteiger partial charge >= 0.3 is 0 Å². The fourth-order valence-corrected chi connectivity index (χ4v) is 2.96. The van der Waals surface area contributed by atoms with E-state index in [-0.39, 0.29) is 11.8 Å². The van der Waals surface area contributed by atoms with E-state index in [0.717, 1.165) is 35.3 Å². The quantitative estimate of drug-likeness (QED) is 0.628. The molecule has 1 aromatic carbocycles. The maximum absolute atomic E-state index is 12.4. The van der Waals surface area contributed by atoms with Crippen LogP contribution in [0.25, 0.3) is 0 Å². The van der Waals surface area contributed by atoms with Gasteiger partial charge in [0, 0.05) is 17.3 Å². The lowest BCUT2D eigenvalue weighted by atomic mass is 9.98. The molecule has 0 saturated heterocycles. The van der Waals surface area contributed by atoms with Gasteiger partial charge in [-0.15, -0.1) is 0 Å². The van der Waals surface area contributed by atoms with Crippen molar-refractivity contribution in [1.82, 2.24) is 0 Å². The lowest BCUT2D eigenvalue weighted by Crippen LogP contribution is -2.23. The van der Waals surface area contributed by atoms with E-state index < -0.39 is 0 Å². The molecule has 104 valence electrons. The zero-order chi connectivity index (χ0) is 13.8. The van der Waals surface area contributed by atoms with E-state index in [9.17, 15) is 4.79 Å². The summed E-state index contributed by atoms with van der Waals surface area (Å²) in [6.07, 6.45) is 6.95. The van der Waals surface area contributed by atoms with Crippen LogP contribution >= 0.6 is 0 Å². The van der Waals surface area contributed by atoms with Crippen molar-refractivity contribution in [2.45, 2.75) is 52.4 Å². The highest BCUT2D eigenvalue weighted by Gasteiger charge is 2.21. The maximum Gasteiger partial charge on any atom is 0.227 e. The molecule has 2 rings (SSSR count). The van der Waals surface area contributed by atoms with Gasteiger partial charge in [-0.2, -0.15) is 0 Å². The van der Waals surface area contributed by atoms with Crippen LogP contribution in [0.1, 0.15) is 49.7 Å². The molecular formula is C16H24N2O. The van der Waals surface area contributed by atoms with E-state index in [1.54, 1.807) is 0 Å². The van der Waals surface area contributed by atoms with Crippen LogP contribution in [0.5, 0.6) is 0 Å². The Morgan fingerprint density at radius 1 is 1.11 bits per heavy atom.